The van der Waals surface area contributed by atoms with Gasteiger partial charge < -0.3 is 30.0 Å². The molecule has 3 aliphatic rings. The third-order valence-corrected chi connectivity index (χ3v) is 10.1. The van der Waals surface area contributed by atoms with Gasteiger partial charge in [-0.1, -0.05) is 58.8 Å². The molecule has 8 heteroatoms. The van der Waals surface area contributed by atoms with E-state index in [1.807, 2.05) is 0 Å². The minimum absolute atomic E-state index is 0.135. The first-order valence-electron chi connectivity index (χ1n) is 15.2. The highest BCUT2D eigenvalue weighted by molar-refractivity contribution is 5.88. The van der Waals surface area contributed by atoms with Gasteiger partial charge >= 0.3 is 11.9 Å². The van der Waals surface area contributed by atoms with Gasteiger partial charge in [0, 0.05) is 29.9 Å². The second kappa shape index (κ2) is 14.2. The summed E-state index contributed by atoms with van der Waals surface area (Å²) in [5.41, 5.74) is -0.459. The molecule has 7 atom stereocenters. The maximum Gasteiger partial charge on any atom is 0.331 e. The molecule has 0 radical (unpaired) electrons. The number of rotatable bonds is 18. The second-order valence-electron chi connectivity index (χ2n) is 12.8. The molecule has 222 valence electrons. The van der Waals surface area contributed by atoms with Gasteiger partial charge in [-0.15, -0.1) is 0 Å². The zero-order chi connectivity index (χ0) is 28.6. The van der Waals surface area contributed by atoms with Crippen LogP contribution in [-0.2, 0) is 19.1 Å². The van der Waals surface area contributed by atoms with E-state index in [0.29, 0.717) is 31.3 Å². The molecule has 3 aliphatic carbocycles. The second-order valence-corrected chi connectivity index (χ2v) is 12.8. The molecule has 1 spiro atoms. The van der Waals surface area contributed by atoms with E-state index in [4.69, 9.17) is 9.84 Å². The van der Waals surface area contributed by atoms with E-state index < -0.39 is 29.7 Å². The molecule has 3 rings (SSSR count). The quantitative estimate of drug-likeness (QED) is 0.110. The first-order valence-corrected chi connectivity index (χ1v) is 15.2. The molecule has 4 N–H and O–H groups in total. The van der Waals surface area contributed by atoms with Crippen molar-refractivity contribution in [1.82, 2.24) is 0 Å². The highest BCUT2D eigenvalue weighted by Gasteiger charge is 2.69. The van der Waals surface area contributed by atoms with Crippen LogP contribution in [0.1, 0.15) is 110 Å². The Morgan fingerprint density at radius 1 is 0.974 bits per heavy atom. The topological polar surface area (TPSA) is 141 Å². The maximum atomic E-state index is 12.8. The molecule has 39 heavy (non-hydrogen) atoms. The average Bonchev–Trinajstić information content (AvgIpc) is 3.35. The summed E-state index contributed by atoms with van der Waals surface area (Å²) >= 11 is 0. The number of carboxylic acid groups (broad SMARTS) is 1. The van der Waals surface area contributed by atoms with Crippen LogP contribution in [0.5, 0.6) is 0 Å². The van der Waals surface area contributed by atoms with Gasteiger partial charge in [0.15, 0.2) is 0 Å². The number of carbonyl (C=O) groups excluding carboxylic acids is 2. The fraction of sp³-hybridized carbons (Fsp3) is 0.839. The fourth-order valence-corrected chi connectivity index (χ4v) is 7.95. The summed E-state index contributed by atoms with van der Waals surface area (Å²) < 4.78 is 5.96. The van der Waals surface area contributed by atoms with Crippen LogP contribution in [0.15, 0.2) is 11.6 Å². The van der Waals surface area contributed by atoms with Crippen molar-refractivity contribution in [2.45, 2.75) is 128 Å². The van der Waals surface area contributed by atoms with Crippen LogP contribution in [0.25, 0.3) is 0 Å². The van der Waals surface area contributed by atoms with Crippen LogP contribution in [0, 0.1) is 28.6 Å². The van der Waals surface area contributed by atoms with E-state index >= 15 is 0 Å². The number of aliphatic hydroxyl groups is 3. The van der Waals surface area contributed by atoms with Crippen LogP contribution < -0.4 is 0 Å². The number of carboxylic acids is 1. The number of aldehydes is 1. The molecule has 2 bridgehead atoms. The number of hydrogen-bond donors (Lipinski definition) is 4. The summed E-state index contributed by atoms with van der Waals surface area (Å²) in [4.78, 5) is 37.0. The third-order valence-electron chi connectivity index (χ3n) is 10.1. The van der Waals surface area contributed by atoms with Crippen LogP contribution in [0.2, 0.25) is 0 Å². The van der Waals surface area contributed by atoms with Crippen LogP contribution in [-0.4, -0.2) is 63.6 Å². The number of aliphatic hydroxyl groups excluding tert-OH is 3. The smallest absolute Gasteiger partial charge is 0.331 e. The van der Waals surface area contributed by atoms with Crippen molar-refractivity contribution < 1.29 is 39.5 Å². The summed E-state index contributed by atoms with van der Waals surface area (Å²) in [6.45, 7) is 4.39. The maximum absolute atomic E-state index is 12.8. The van der Waals surface area contributed by atoms with Crippen molar-refractivity contribution in [3.05, 3.63) is 11.6 Å². The first kappa shape index (κ1) is 31.8. The monoisotopic (exact) mass is 550 g/mol. The predicted molar refractivity (Wildman–Crippen MR) is 147 cm³/mol. The van der Waals surface area contributed by atoms with E-state index in [1.54, 1.807) is 6.08 Å². The number of ether oxygens (including phenoxy) is 1. The van der Waals surface area contributed by atoms with Gasteiger partial charge in [0.1, 0.15) is 12.4 Å². The molecule has 7 unspecified atom stereocenters. The Morgan fingerprint density at radius 3 is 2.15 bits per heavy atom. The number of hydrogen-bond acceptors (Lipinski definition) is 7. The Balaban J connectivity index is 1.40. The Labute approximate surface area is 233 Å². The zero-order valence-corrected chi connectivity index (χ0v) is 23.9. The van der Waals surface area contributed by atoms with Gasteiger partial charge in [0.05, 0.1) is 12.2 Å². The Hall–Kier alpha value is -1.77. The number of esters is 1. The molecule has 0 heterocycles. The molecule has 0 aromatic heterocycles. The van der Waals surface area contributed by atoms with E-state index in [0.717, 1.165) is 70.5 Å². The number of aliphatic carboxylic acids is 1. The van der Waals surface area contributed by atoms with E-state index in [1.165, 1.54) is 0 Å². The predicted octanol–water partition coefficient (Wildman–Crippen LogP) is 4.58. The van der Waals surface area contributed by atoms with Crippen molar-refractivity contribution in [3.8, 4) is 0 Å². The summed E-state index contributed by atoms with van der Waals surface area (Å²) in [5.74, 6) is -1.55. The number of unbranched alkanes of at least 4 members (excludes halogenated alkanes) is 7. The number of fused-ring (bicyclic) bond motifs is 1. The normalized spacial score (nSPS) is 30.3. The minimum Gasteiger partial charge on any atom is -0.478 e. The lowest BCUT2D eigenvalue weighted by molar-refractivity contribution is -0.158. The number of carbonyl (C=O) groups is 3. The largest absolute Gasteiger partial charge is 0.478 e. The van der Waals surface area contributed by atoms with E-state index in [-0.39, 0.29) is 42.2 Å². The summed E-state index contributed by atoms with van der Waals surface area (Å²) in [6, 6.07) is 0. The van der Waals surface area contributed by atoms with Gasteiger partial charge in [0.2, 0.25) is 0 Å². The first-order chi connectivity index (χ1) is 18.6. The van der Waals surface area contributed by atoms with Crippen molar-refractivity contribution in [2.75, 3.05) is 6.61 Å². The van der Waals surface area contributed by atoms with Gasteiger partial charge in [-0.3, -0.25) is 4.79 Å². The Kier molecular flexibility index (Phi) is 11.6. The Morgan fingerprint density at radius 2 is 1.56 bits per heavy atom. The minimum atomic E-state index is -0.970. The molecule has 0 aromatic rings. The summed E-state index contributed by atoms with van der Waals surface area (Å²) in [6.07, 6.45) is 11.7. The fourth-order valence-electron chi connectivity index (χ4n) is 7.95. The highest BCUT2D eigenvalue weighted by Crippen LogP contribution is 2.71. The summed E-state index contributed by atoms with van der Waals surface area (Å²) in [7, 11) is 0. The lowest BCUT2D eigenvalue weighted by atomic mass is 9.66. The SMILES string of the molecule is CC1(C)C2CC3(C(C=O)CCC13)C(OC(=O)CCCCCCCC(O)C(O)CCCCCCO)C=C2C(=O)O. The van der Waals surface area contributed by atoms with Crippen molar-refractivity contribution in [1.29, 1.82) is 0 Å². The van der Waals surface area contributed by atoms with Crippen LogP contribution in [0.3, 0.4) is 0 Å². The molecule has 2 fully saturated rings. The molecule has 0 amide bonds. The van der Waals surface area contributed by atoms with Crippen LogP contribution >= 0.6 is 0 Å². The third kappa shape index (κ3) is 7.12. The van der Waals surface area contributed by atoms with Crippen molar-refractivity contribution >= 4 is 18.2 Å². The van der Waals surface area contributed by atoms with Gasteiger partial charge in [-0.2, -0.15) is 0 Å². The molecule has 2 saturated carbocycles. The summed E-state index contributed by atoms with van der Waals surface area (Å²) in [5, 5.41) is 39.0. The molecule has 0 aliphatic heterocycles. The van der Waals surface area contributed by atoms with E-state index in [9.17, 15) is 29.7 Å². The zero-order valence-electron chi connectivity index (χ0n) is 23.9. The standard InChI is InChI=1S/C31H50O8/c1-30(2)23-19-31(21(20-33)15-16-26(30)31)27(18-22(23)29(37)38)39-28(36)14-10-5-3-4-8-12-24(34)25(35)13-9-6-7-11-17-32/h18,20-21,23-27,32,34-35H,3-17,19H2,1-2H3,(H,37,38). The Bertz CT molecular complexity index is 867. The van der Waals surface area contributed by atoms with Crippen molar-refractivity contribution in [3.63, 3.8) is 0 Å². The van der Waals surface area contributed by atoms with Gasteiger partial charge in [-0.25, -0.2) is 4.79 Å². The molecular formula is C31H50O8. The van der Waals surface area contributed by atoms with Gasteiger partial charge in [-0.05, 0) is 68.3 Å². The highest BCUT2D eigenvalue weighted by atomic mass is 16.5. The lowest BCUT2D eigenvalue weighted by Crippen LogP contribution is -2.45. The van der Waals surface area contributed by atoms with Crippen LogP contribution in [0.4, 0.5) is 0 Å². The molecular weight excluding hydrogens is 500 g/mol. The average molecular weight is 551 g/mol. The lowest BCUT2D eigenvalue weighted by Gasteiger charge is -2.41. The van der Waals surface area contributed by atoms with Crippen molar-refractivity contribution in [2.24, 2.45) is 28.6 Å². The van der Waals surface area contributed by atoms with E-state index in [2.05, 4.69) is 13.8 Å². The molecule has 0 saturated heterocycles. The van der Waals surface area contributed by atoms with Gasteiger partial charge in [0.25, 0.3) is 0 Å². The molecule has 0 aromatic carbocycles. The molecule has 8 nitrogen and oxygen atoms in total.